The first-order chi connectivity index (χ1) is 9.07. The highest BCUT2D eigenvalue weighted by atomic mass is 16.3. The number of anilines is 1. The van der Waals surface area contributed by atoms with E-state index in [0.717, 1.165) is 17.9 Å². The zero-order valence-corrected chi connectivity index (χ0v) is 11.1. The van der Waals surface area contributed by atoms with Gasteiger partial charge in [0.1, 0.15) is 12.1 Å². The number of aliphatic hydroxyl groups is 1. The molecule has 2 heterocycles. The average molecular weight is 258 g/mol. The second-order valence-corrected chi connectivity index (χ2v) is 5.64. The Morgan fingerprint density at radius 3 is 2.79 bits per heavy atom. The van der Waals surface area contributed by atoms with E-state index in [9.17, 15) is 5.11 Å². The van der Waals surface area contributed by atoms with Gasteiger partial charge in [-0.1, -0.05) is 13.8 Å². The van der Waals surface area contributed by atoms with E-state index >= 15 is 0 Å². The Morgan fingerprint density at radius 2 is 2.26 bits per heavy atom. The van der Waals surface area contributed by atoms with Crippen LogP contribution < -0.4 is 5.32 Å². The minimum atomic E-state index is -0.219. The lowest BCUT2D eigenvalue weighted by atomic mass is 9.64. The first-order valence-electron chi connectivity index (χ1n) is 6.46. The largest absolute Gasteiger partial charge is 0.392 e. The summed E-state index contributed by atoms with van der Waals surface area (Å²) in [6.07, 6.45) is 7.70. The van der Waals surface area contributed by atoms with E-state index in [1.807, 2.05) is 29.1 Å². The summed E-state index contributed by atoms with van der Waals surface area (Å²) in [5, 5.41) is 13.2. The summed E-state index contributed by atoms with van der Waals surface area (Å²) >= 11 is 0. The van der Waals surface area contributed by atoms with Crippen LogP contribution in [0.3, 0.4) is 0 Å². The van der Waals surface area contributed by atoms with Gasteiger partial charge in [0.05, 0.1) is 18.0 Å². The Bertz CT molecular complexity index is 547. The summed E-state index contributed by atoms with van der Waals surface area (Å²) in [4.78, 5) is 8.40. The highest BCUT2D eigenvalue weighted by Crippen LogP contribution is 2.42. The van der Waals surface area contributed by atoms with Crippen molar-refractivity contribution in [3.8, 4) is 5.82 Å². The van der Waals surface area contributed by atoms with Crippen LogP contribution in [-0.4, -0.2) is 31.8 Å². The summed E-state index contributed by atoms with van der Waals surface area (Å²) in [5.74, 6) is 0.843. The molecule has 100 valence electrons. The van der Waals surface area contributed by atoms with Crippen LogP contribution in [0.15, 0.2) is 37.1 Å². The Hall–Kier alpha value is -1.88. The average Bonchev–Trinajstić information content (AvgIpc) is 2.93. The second-order valence-electron chi connectivity index (χ2n) is 5.64. The number of pyridine rings is 1. The van der Waals surface area contributed by atoms with Crippen molar-refractivity contribution in [1.29, 1.82) is 0 Å². The van der Waals surface area contributed by atoms with Gasteiger partial charge in [-0.15, -0.1) is 0 Å². The molecule has 19 heavy (non-hydrogen) atoms. The summed E-state index contributed by atoms with van der Waals surface area (Å²) in [5.41, 5.74) is 0.900. The molecule has 2 aromatic rings. The SMILES string of the molecule is CC1(C)C(O)CC1Nc1ccc(-n2ccnc2)nc1. The van der Waals surface area contributed by atoms with Crippen molar-refractivity contribution in [3.05, 3.63) is 37.1 Å². The summed E-state index contributed by atoms with van der Waals surface area (Å²) in [6, 6.07) is 4.25. The molecule has 0 aliphatic heterocycles. The van der Waals surface area contributed by atoms with E-state index in [4.69, 9.17) is 0 Å². The molecule has 1 fully saturated rings. The van der Waals surface area contributed by atoms with Crippen molar-refractivity contribution >= 4 is 5.69 Å². The molecule has 5 nitrogen and oxygen atoms in total. The molecule has 2 unspecified atom stereocenters. The van der Waals surface area contributed by atoms with Crippen LogP contribution in [0.5, 0.6) is 0 Å². The van der Waals surface area contributed by atoms with Gasteiger partial charge in [0.25, 0.3) is 0 Å². The predicted molar refractivity (Wildman–Crippen MR) is 73.2 cm³/mol. The normalized spacial score (nSPS) is 24.8. The molecule has 0 amide bonds. The predicted octanol–water partition coefficient (Wildman–Crippen LogP) is 1.84. The molecule has 2 atom stereocenters. The lowest BCUT2D eigenvalue weighted by Crippen LogP contribution is -2.56. The fourth-order valence-electron chi connectivity index (χ4n) is 2.37. The number of aromatic nitrogens is 3. The molecule has 1 aliphatic rings. The summed E-state index contributed by atoms with van der Waals surface area (Å²) in [6.45, 7) is 4.15. The van der Waals surface area contributed by atoms with Crippen LogP contribution in [-0.2, 0) is 0 Å². The molecule has 1 saturated carbocycles. The third-order valence-corrected chi connectivity index (χ3v) is 4.07. The van der Waals surface area contributed by atoms with Gasteiger partial charge in [-0.25, -0.2) is 9.97 Å². The number of nitrogens with one attached hydrogen (secondary N) is 1. The van der Waals surface area contributed by atoms with Gasteiger partial charge in [-0.05, 0) is 18.6 Å². The zero-order chi connectivity index (χ0) is 13.5. The highest BCUT2D eigenvalue weighted by Gasteiger charge is 2.47. The Balaban J connectivity index is 1.70. The van der Waals surface area contributed by atoms with Gasteiger partial charge in [0, 0.05) is 23.9 Å². The first kappa shape index (κ1) is 12.2. The molecule has 3 rings (SSSR count). The molecule has 2 N–H and O–H groups in total. The van der Waals surface area contributed by atoms with Crippen LogP contribution in [0.1, 0.15) is 20.3 Å². The van der Waals surface area contributed by atoms with Crippen molar-refractivity contribution in [1.82, 2.24) is 14.5 Å². The second kappa shape index (κ2) is 4.35. The lowest BCUT2D eigenvalue weighted by Gasteiger charge is -2.49. The van der Waals surface area contributed by atoms with Gasteiger partial charge in [-0.2, -0.15) is 0 Å². The van der Waals surface area contributed by atoms with Gasteiger partial charge < -0.3 is 10.4 Å². The molecule has 0 aromatic carbocycles. The van der Waals surface area contributed by atoms with E-state index < -0.39 is 0 Å². The van der Waals surface area contributed by atoms with E-state index in [0.29, 0.717) is 6.04 Å². The molecular formula is C14H18N4O. The molecule has 1 aliphatic carbocycles. The number of hydrogen-bond donors (Lipinski definition) is 2. The van der Waals surface area contributed by atoms with E-state index in [1.54, 1.807) is 12.5 Å². The van der Waals surface area contributed by atoms with Crippen molar-refractivity contribution in [2.45, 2.75) is 32.4 Å². The fourth-order valence-corrected chi connectivity index (χ4v) is 2.37. The fraction of sp³-hybridized carbons (Fsp3) is 0.429. The first-order valence-corrected chi connectivity index (χ1v) is 6.46. The van der Waals surface area contributed by atoms with Crippen molar-refractivity contribution in [2.75, 3.05) is 5.32 Å². The van der Waals surface area contributed by atoms with Gasteiger partial charge in [-0.3, -0.25) is 4.57 Å². The molecule has 0 spiro atoms. The van der Waals surface area contributed by atoms with Crippen LogP contribution in [0.4, 0.5) is 5.69 Å². The van der Waals surface area contributed by atoms with Crippen molar-refractivity contribution in [2.24, 2.45) is 5.41 Å². The molecular weight excluding hydrogens is 240 g/mol. The quantitative estimate of drug-likeness (QED) is 0.881. The van der Waals surface area contributed by atoms with Gasteiger partial charge >= 0.3 is 0 Å². The number of nitrogens with zero attached hydrogens (tertiary/aromatic N) is 3. The number of aliphatic hydroxyl groups excluding tert-OH is 1. The van der Waals surface area contributed by atoms with Crippen LogP contribution in [0, 0.1) is 5.41 Å². The van der Waals surface area contributed by atoms with Gasteiger partial charge in [0.15, 0.2) is 0 Å². The third-order valence-electron chi connectivity index (χ3n) is 4.07. The minimum absolute atomic E-state index is 0.0803. The standard InChI is InChI=1S/C14H18N4O/c1-14(2)11(7-12(14)19)17-10-3-4-13(16-8-10)18-6-5-15-9-18/h3-6,8-9,11-12,17,19H,7H2,1-2H3. The van der Waals surface area contributed by atoms with Crippen molar-refractivity contribution in [3.63, 3.8) is 0 Å². The number of rotatable bonds is 3. The monoisotopic (exact) mass is 258 g/mol. The number of imidazole rings is 1. The van der Waals surface area contributed by atoms with E-state index in [-0.39, 0.29) is 11.5 Å². The lowest BCUT2D eigenvalue weighted by molar-refractivity contribution is -0.0510. The molecule has 5 heteroatoms. The van der Waals surface area contributed by atoms with E-state index in [2.05, 4.69) is 29.1 Å². The Labute approximate surface area is 112 Å². The number of hydrogen-bond acceptors (Lipinski definition) is 4. The van der Waals surface area contributed by atoms with Crippen LogP contribution in [0.25, 0.3) is 5.82 Å². The molecule has 0 saturated heterocycles. The van der Waals surface area contributed by atoms with Crippen LogP contribution in [0.2, 0.25) is 0 Å². The Kier molecular flexibility index (Phi) is 2.78. The molecule has 0 bridgehead atoms. The van der Waals surface area contributed by atoms with Crippen LogP contribution >= 0.6 is 0 Å². The van der Waals surface area contributed by atoms with Gasteiger partial charge in [0.2, 0.25) is 0 Å². The maximum absolute atomic E-state index is 9.73. The summed E-state index contributed by atoms with van der Waals surface area (Å²) < 4.78 is 1.86. The topological polar surface area (TPSA) is 63.0 Å². The zero-order valence-electron chi connectivity index (χ0n) is 11.1. The molecule has 2 aromatic heterocycles. The third kappa shape index (κ3) is 2.10. The minimum Gasteiger partial charge on any atom is -0.392 e. The summed E-state index contributed by atoms with van der Waals surface area (Å²) in [7, 11) is 0. The smallest absolute Gasteiger partial charge is 0.137 e. The maximum Gasteiger partial charge on any atom is 0.137 e. The maximum atomic E-state index is 9.73. The highest BCUT2D eigenvalue weighted by molar-refractivity contribution is 5.45. The van der Waals surface area contributed by atoms with Crippen molar-refractivity contribution < 1.29 is 5.11 Å². The Morgan fingerprint density at radius 1 is 1.42 bits per heavy atom. The van der Waals surface area contributed by atoms with E-state index in [1.165, 1.54) is 0 Å². The molecule has 0 radical (unpaired) electrons.